The van der Waals surface area contributed by atoms with E-state index in [1.165, 1.54) is 12.1 Å². The lowest BCUT2D eigenvalue weighted by Gasteiger charge is -2.15. The summed E-state index contributed by atoms with van der Waals surface area (Å²) >= 11 is 9.57. The van der Waals surface area contributed by atoms with Crippen LogP contribution in [0.1, 0.15) is 11.1 Å². The fourth-order valence-electron chi connectivity index (χ4n) is 2.57. The van der Waals surface area contributed by atoms with E-state index in [1.54, 1.807) is 19.2 Å². The molecule has 140 valence electrons. The highest BCUT2D eigenvalue weighted by molar-refractivity contribution is 9.10. The fraction of sp³-hybridized carbons (Fsp3) is 0.143. The van der Waals surface area contributed by atoms with Gasteiger partial charge in [0.05, 0.1) is 11.6 Å². The first-order valence-electron chi connectivity index (χ1n) is 8.28. The minimum Gasteiger partial charge on any atom is -0.493 e. The number of benzene rings is 3. The highest BCUT2D eigenvalue weighted by atomic mass is 79.9. The van der Waals surface area contributed by atoms with E-state index < -0.39 is 0 Å². The van der Waals surface area contributed by atoms with Crippen LogP contribution in [-0.4, -0.2) is 7.11 Å². The van der Waals surface area contributed by atoms with Crippen LogP contribution in [0.5, 0.6) is 11.5 Å². The molecule has 3 rings (SSSR count). The van der Waals surface area contributed by atoms with Crippen molar-refractivity contribution in [3.05, 3.63) is 87.1 Å². The maximum Gasteiger partial charge on any atom is 0.175 e. The summed E-state index contributed by atoms with van der Waals surface area (Å²) in [5, 5.41) is 3.92. The molecule has 0 aliphatic heterocycles. The topological polar surface area (TPSA) is 30.5 Å². The van der Waals surface area contributed by atoms with Gasteiger partial charge >= 0.3 is 0 Å². The van der Waals surface area contributed by atoms with Crippen LogP contribution in [0.4, 0.5) is 10.1 Å². The van der Waals surface area contributed by atoms with Gasteiger partial charge in [0, 0.05) is 17.3 Å². The van der Waals surface area contributed by atoms with Crippen molar-refractivity contribution in [3.63, 3.8) is 0 Å². The van der Waals surface area contributed by atoms with E-state index in [2.05, 4.69) is 21.2 Å². The van der Waals surface area contributed by atoms with E-state index in [0.29, 0.717) is 29.7 Å². The highest BCUT2D eigenvalue weighted by Crippen LogP contribution is 2.37. The van der Waals surface area contributed by atoms with Gasteiger partial charge in [0.25, 0.3) is 0 Å². The molecule has 0 amide bonds. The highest BCUT2D eigenvalue weighted by Gasteiger charge is 2.12. The van der Waals surface area contributed by atoms with Crippen LogP contribution in [0.25, 0.3) is 0 Å². The minimum absolute atomic E-state index is 0.258. The summed E-state index contributed by atoms with van der Waals surface area (Å²) in [6, 6.07) is 17.6. The van der Waals surface area contributed by atoms with Gasteiger partial charge in [-0.1, -0.05) is 23.7 Å². The van der Waals surface area contributed by atoms with E-state index >= 15 is 0 Å². The Bertz CT molecular complexity index is 919. The Labute approximate surface area is 171 Å². The summed E-state index contributed by atoms with van der Waals surface area (Å²) in [7, 11) is 1.60. The first kappa shape index (κ1) is 19.5. The molecule has 0 aliphatic rings. The third-order valence-electron chi connectivity index (χ3n) is 3.90. The number of ether oxygens (including phenoxy) is 2. The Morgan fingerprint density at radius 2 is 1.81 bits per heavy atom. The third kappa shape index (κ3) is 5.37. The molecule has 0 saturated heterocycles. The number of nitrogens with one attached hydrogen (secondary N) is 1. The van der Waals surface area contributed by atoms with Gasteiger partial charge in [0.15, 0.2) is 11.5 Å². The molecule has 3 aromatic carbocycles. The second-order valence-corrected chi connectivity index (χ2v) is 7.18. The van der Waals surface area contributed by atoms with Gasteiger partial charge in [-0.3, -0.25) is 0 Å². The quantitative estimate of drug-likeness (QED) is 0.449. The first-order valence-corrected chi connectivity index (χ1v) is 9.45. The normalized spacial score (nSPS) is 10.5. The van der Waals surface area contributed by atoms with Crippen molar-refractivity contribution in [1.82, 2.24) is 0 Å². The van der Waals surface area contributed by atoms with E-state index in [-0.39, 0.29) is 5.82 Å². The smallest absolute Gasteiger partial charge is 0.175 e. The summed E-state index contributed by atoms with van der Waals surface area (Å²) in [5.74, 6) is 0.997. The number of halogens is 3. The van der Waals surface area contributed by atoms with Gasteiger partial charge in [0.2, 0.25) is 0 Å². The van der Waals surface area contributed by atoms with Crippen LogP contribution >= 0.6 is 27.5 Å². The molecule has 0 saturated carbocycles. The van der Waals surface area contributed by atoms with Crippen LogP contribution < -0.4 is 14.8 Å². The van der Waals surface area contributed by atoms with Crippen molar-refractivity contribution in [2.75, 3.05) is 12.4 Å². The predicted octanol–water partition coefficient (Wildman–Crippen LogP) is 6.44. The first-order chi connectivity index (χ1) is 13.0. The summed E-state index contributed by atoms with van der Waals surface area (Å²) in [6.07, 6.45) is 0. The molecule has 1 N–H and O–H groups in total. The SMILES string of the molecule is COc1cc(CNc2ccc(F)cc2)cc(Br)c1OCc1cccc(Cl)c1. The number of methoxy groups -OCH3 is 1. The molecule has 0 aliphatic carbocycles. The van der Waals surface area contributed by atoms with Gasteiger partial charge in [-0.05, 0) is 75.6 Å². The van der Waals surface area contributed by atoms with Crippen LogP contribution in [0, 0.1) is 5.82 Å². The van der Waals surface area contributed by atoms with Crippen molar-refractivity contribution in [3.8, 4) is 11.5 Å². The van der Waals surface area contributed by atoms with E-state index in [1.807, 2.05) is 36.4 Å². The Hall–Kier alpha value is -2.24. The molecule has 0 fully saturated rings. The predicted molar refractivity (Wildman–Crippen MR) is 110 cm³/mol. The zero-order valence-corrected chi connectivity index (χ0v) is 17.0. The lowest BCUT2D eigenvalue weighted by Crippen LogP contribution is -2.03. The maximum absolute atomic E-state index is 13.0. The summed E-state index contributed by atoms with van der Waals surface area (Å²) in [4.78, 5) is 0. The molecule has 6 heteroatoms. The number of hydrogen-bond donors (Lipinski definition) is 1. The van der Waals surface area contributed by atoms with Gasteiger partial charge in [-0.2, -0.15) is 0 Å². The zero-order valence-electron chi connectivity index (χ0n) is 14.6. The molecule has 0 bridgehead atoms. The minimum atomic E-state index is -0.258. The van der Waals surface area contributed by atoms with E-state index in [4.69, 9.17) is 21.1 Å². The molecule has 0 radical (unpaired) electrons. The second-order valence-electron chi connectivity index (χ2n) is 5.89. The molecule has 0 heterocycles. The van der Waals surface area contributed by atoms with Gasteiger partial charge in [0.1, 0.15) is 12.4 Å². The average Bonchev–Trinajstić information content (AvgIpc) is 2.66. The molecule has 3 nitrogen and oxygen atoms in total. The Morgan fingerprint density at radius 1 is 1.04 bits per heavy atom. The molecule has 0 spiro atoms. The molecular formula is C21H18BrClFNO2. The lowest BCUT2D eigenvalue weighted by molar-refractivity contribution is 0.282. The molecule has 3 aromatic rings. The van der Waals surface area contributed by atoms with E-state index in [0.717, 1.165) is 21.3 Å². The zero-order chi connectivity index (χ0) is 19.2. The molecule has 27 heavy (non-hydrogen) atoms. The van der Waals surface area contributed by atoms with Gasteiger partial charge < -0.3 is 14.8 Å². The monoisotopic (exact) mass is 449 g/mol. The number of anilines is 1. The van der Waals surface area contributed by atoms with Crippen molar-refractivity contribution in [2.24, 2.45) is 0 Å². The fourth-order valence-corrected chi connectivity index (χ4v) is 3.39. The molecule has 0 atom stereocenters. The van der Waals surface area contributed by atoms with Crippen molar-refractivity contribution >= 4 is 33.2 Å². The summed E-state index contributed by atoms with van der Waals surface area (Å²) in [6.45, 7) is 0.942. The standard InChI is InChI=1S/C21H18BrClFNO2/c1-26-20-11-15(12-25-18-7-5-17(24)6-8-18)10-19(22)21(20)27-13-14-3-2-4-16(23)9-14/h2-11,25H,12-13H2,1H3. The van der Waals surface area contributed by atoms with Gasteiger partial charge in [-0.15, -0.1) is 0 Å². The third-order valence-corrected chi connectivity index (χ3v) is 4.73. The van der Waals surface area contributed by atoms with Crippen LogP contribution in [0.15, 0.2) is 65.1 Å². The lowest BCUT2D eigenvalue weighted by atomic mass is 10.2. The average molecular weight is 451 g/mol. The van der Waals surface area contributed by atoms with Crippen molar-refractivity contribution in [1.29, 1.82) is 0 Å². The number of rotatable bonds is 7. The molecule has 0 unspecified atom stereocenters. The van der Waals surface area contributed by atoms with Crippen molar-refractivity contribution < 1.29 is 13.9 Å². The summed E-state index contributed by atoms with van der Waals surface area (Å²) < 4.78 is 25.2. The number of hydrogen-bond acceptors (Lipinski definition) is 3. The van der Waals surface area contributed by atoms with Crippen LogP contribution in [0.3, 0.4) is 0 Å². The Balaban J connectivity index is 1.71. The Kier molecular flexibility index (Phi) is 6.58. The Morgan fingerprint density at radius 3 is 2.52 bits per heavy atom. The largest absolute Gasteiger partial charge is 0.493 e. The van der Waals surface area contributed by atoms with Crippen LogP contribution in [-0.2, 0) is 13.2 Å². The van der Waals surface area contributed by atoms with Gasteiger partial charge in [-0.25, -0.2) is 4.39 Å². The van der Waals surface area contributed by atoms with Crippen LogP contribution in [0.2, 0.25) is 5.02 Å². The van der Waals surface area contributed by atoms with Crippen molar-refractivity contribution in [2.45, 2.75) is 13.2 Å². The maximum atomic E-state index is 13.0. The molecular weight excluding hydrogens is 433 g/mol. The van der Waals surface area contributed by atoms with E-state index in [9.17, 15) is 4.39 Å². The molecule has 0 aromatic heterocycles. The second kappa shape index (κ2) is 9.11. The summed E-state index contributed by atoms with van der Waals surface area (Å²) in [5.41, 5.74) is 2.81.